The number of hydrogen-bond acceptors (Lipinski definition) is 4. The molecule has 1 aromatic rings. The summed E-state index contributed by atoms with van der Waals surface area (Å²) in [7, 11) is 0. The molecule has 1 aromatic heterocycles. The zero-order valence-corrected chi connectivity index (χ0v) is 11.6. The van der Waals surface area contributed by atoms with Crippen molar-refractivity contribution in [1.82, 2.24) is 15.5 Å². The van der Waals surface area contributed by atoms with Crippen molar-refractivity contribution in [2.45, 2.75) is 46.1 Å². The Morgan fingerprint density at radius 1 is 1.44 bits per heavy atom. The largest absolute Gasteiger partial charge is 0.347 e. The molecule has 1 heterocycles. The Balaban J connectivity index is 2.93. The van der Waals surface area contributed by atoms with E-state index < -0.39 is 0 Å². The summed E-state index contributed by atoms with van der Waals surface area (Å²) in [5, 5.41) is 11.0. The van der Waals surface area contributed by atoms with Gasteiger partial charge in [-0.1, -0.05) is 6.92 Å². The van der Waals surface area contributed by atoms with Crippen LogP contribution in [0.2, 0.25) is 0 Å². The molecule has 0 fully saturated rings. The molecule has 5 heteroatoms. The number of carbonyl (C=O) groups is 1. The Hall–Kier alpha value is -1.49. The number of amides is 1. The molecule has 18 heavy (non-hydrogen) atoms. The van der Waals surface area contributed by atoms with Gasteiger partial charge in [0.15, 0.2) is 0 Å². The molecule has 5 nitrogen and oxygen atoms in total. The van der Waals surface area contributed by atoms with Crippen molar-refractivity contribution in [2.24, 2.45) is 5.73 Å². The number of aromatic nitrogens is 2. The zero-order valence-electron chi connectivity index (χ0n) is 11.6. The van der Waals surface area contributed by atoms with Gasteiger partial charge in [0.05, 0.1) is 17.0 Å². The van der Waals surface area contributed by atoms with Crippen LogP contribution in [0, 0.1) is 6.92 Å². The molecule has 3 N–H and O–H groups in total. The van der Waals surface area contributed by atoms with E-state index in [9.17, 15) is 4.79 Å². The maximum absolute atomic E-state index is 12.2. The molecule has 0 aliphatic carbocycles. The lowest BCUT2D eigenvalue weighted by Gasteiger charge is -2.26. The van der Waals surface area contributed by atoms with E-state index in [-0.39, 0.29) is 11.4 Å². The zero-order chi connectivity index (χ0) is 13.8. The van der Waals surface area contributed by atoms with Crippen LogP contribution in [0.5, 0.6) is 0 Å². The van der Waals surface area contributed by atoms with Crippen LogP contribution in [0.3, 0.4) is 0 Å². The van der Waals surface area contributed by atoms with Crippen LogP contribution in [0.15, 0.2) is 6.07 Å². The van der Waals surface area contributed by atoms with Crippen LogP contribution < -0.4 is 11.1 Å². The van der Waals surface area contributed by atoms with Gasteiger partial charge in [0.1, 0.15) is 0 Å². The average Bonchev–Trinajstić information content (AvgIpc) is 2.28. The van der Waals surface area contributed by atoms with Gasteiger partial charge in [0.2, 0.25) is 0 Å². The van der Waals surface area contributed by atoms with Crippen LogP contribution in [-0.2, 0) is 6.42 Å². The van der Waals surface area contributed by atoms with E-state index in [0.29, 0.717) is 18.5 Å². The van der Waals surface area contributed by atoms with Crippen molar-refractivity contribution < 1.29 is 4.79 Å². The lowest BCUT2D eigenvalue weighted by molar-refractivity contribution is 0.0908. The SMILES string of the molecule is CCc1nnc(C)cc1C(=O)NC(C)(C)CCN. The minimum Gasteiger partial charge on any atom is -0.347 e. The van der Waals surface area contributed by atoms with Gasteiger partial charge in [-0.3, -0.25) is 4.79 Å². The molecule has 0 atom stereocenters. The summed E-state index contributed by atoms with van der Waals surface area (Å²) in [6.07, 6.45) is 1.42. The van der Waals surface area contributed by atoms with Gasteiger partial charge >= 0.3 is 0 Å². The standard InChI is InChI=1S/C13H22N4O/c1-5-11-10(8-9(2)16-17-11)12(18)15-13(3,4)6-7-14/h8H,5-7,14H2,1-4H3,(H,15,18). The summed E-state index contributed by atoms with van der Waals surface area (Å²) < 4.78 is 0. The minimum atomic E-state index is -0.311. The third-order valence-electron chi connectivity index (χ3n) is 2.79. The van der Waals surface area contributed by atoms with Crippen LogP contribution in [0.1, 0.15) is 48.9 Å². The molecule has 1 amide bonds. The molecule has 0 bridgehead atoms. The van der Waals surface area contributed by atoms with Crippen LogP contribution in [-0.4, -0.2) is 28.2 Å². The lowest BCUT2D eigenvalue weighted by atomic mass is 9.99. The van der Waals surface area contributed by atoms with Gasteiger partial charge in [-0.25, -0.2) is 0 Å². The monoisotopic (exact) mass is 250 g/mol. The molecule has 100 valence electrons. The Labute approximate surface area is 108 Å². The van der Waals surface area contributed by atoms with Crippen LogP contribution in [0.4, 0.5) is 0 Å². The fraction of sp³-hybridized carbons (Fsp3) is 0.615. The number of nitrogens with zero attached hydrogens (tertiary/aromatic N) is 2. The van der Waals surface area contributed by atoms with Gasteiger partial charge < -0.3 is 11.1 Å². The summed E-state index contributed by atoms with van der Waals surface area (Å²) in [6, 6.07) is 1.78. The van der Waals surface area contributed by atoms with Gasteiger partial charge in [0.25, 0.3) is 5.91 Å². The van der Waals surface area contributed by atoms with Crippen molar-refractivity contribution in [3.63, 3.8) is 0 Å². The van der Waals surface area contributed by atoms with E-state index in [4.69, 9.17) is 5.73 Å². The predicted octanol–water partition coefficient (Wildman–Crippen LogP) is 1.20. The van der Waals surface area contributed by atoms with Crippen molar-refractivity contribution in [2.75, 3.05) is 6.54 Å². The maximum Gasteiger partial charge on any atom is 0.253 e. The molecule has 1 rings (SSSR count). The fourth-order valence-electron chi connectivity index (χ4n) is 1.77. The minimum absolute atomic E-state index is 0.108. The number of hydrogen-bond donors (Lipinski definition) is 2. The molecule has 0 saturated heterocycles. The molecule has 0 radical (unpaired) electrons. The first kappa shape index (κ1) is 14.6. The number of nitrogens with two attached hydrogens (primary N) is 1. The van der Waals surface area contributed by atoms with Crippen molar-refractivity contribution >= 4 is 5.91 Å². The summed E-state index contributed by atoms with van der Waals surface area (Å²) in [5.74, 6) is -0.108. The van der Waals surface area contributed by atoms with Crippen molar-refractivity contribution in [3.8, 4) is 0 Å². The lowest BCUT2D eigenvalue weighted by Crippen LogP contribution is -2.45. The van der Waals surface area contributed by atoms with E-state index in [0.717, 1.165) is 17.8 Å². The number of nitrogens with one attached hydrogen (secondary N) is 1. The second-order valence-electron chi connectivity index (χ2n) is 5.08. The Morgan fingerprint density at radius 3 is 2.67 bits per heavy atom. The topological polar surface area (TPSA) is 80.9 Å². The van der Waals surface area contributed by atoms with Gasteiger partial charge in [0, 0.05) is 5.54 Å². The second kappa shape index (κ2) is 5.91. The van der Waals surface area contributed by atoms with Crippen LogP contribution >= 0.6 is 0 Å². The Kier molecular flexibility index (Phi) is 4.78. The van der Waals surface area contributed by atoms with E-state index in [1.807, 2.05) is 27.7 Å². The molecule has 0 saturated carbocycles. The summed E-state index contributed by atoms with van der Waals surface area (Å²) >= 11 is 0. The molecule has 0 aromatic carbocycles. The third kappa shape index (κ3) is 3.77. The van der Waals surface area contributed by atoms with E-state index in [2.05, 4.69) is 15.5 Å². The summed E-state index contributed by atoms with van der Waals surface area (Å²) in [4.78, 5) is 12.2. The average molecular weight is 250 g/mol. The van der Waals surface area contributed by atoms with Crippen molar-refractivity contribution in [1.29, 1.82) is 0 Å². The van der Waals surface area contributed by atoms with E-state index in [1.54, 1.807) is 6.07 Å². The number of carbonyl (C=O) groups excluding carboxylic acids is 1. The normalized spacial score (nSPS) is 11.4. The highest BCUT2D eigenvalue weighted by molar-refractivity contribution is 5.95. The quantitative estimate of drug-likeness (QED) is 0.823. The van der Waals surface area contributed by atoms with E-state index >= 15 is 0 Å². The third-order valence-corrected chi connectivity index (χ3v) is 2.79. The summed E-state index contributed by atoms with van der Waals surface area (Å²) in [6.45, 7) is 8.26. The molecule has 0 aliphatic rings. The predicted molar refractivity (Wildman–Crippen MR) is 71.4 cm³/mol. The molecule has 0 aliphatic heterocycles. The molecular formula is C13H22N4O. The first-order chi connectivity index (χ1) is 8.39. The van der Waals surface area contributed by atoms with Crippen LogP contribution in [0.25, 0.3) is 0 Å². The second-order valence-corrected chi connectivity index (χ2v) is 5.08. The molecule has 0 spiro atoms. The highest BCUT2D eigenvalue weighted by atomic mass is 16.1. The highest BCUT2D eigenvalue weighted by Gasteiger charge is 2.22. The smallest absolute Gasteiger partial charge is 0.253 e. The Morgan fingerprint density at radius 2 is 2.11 bits per heavy atom. The fourth-order valence-corrected chi connectivity index (χ4v) is 1.77. The maximum atomic E-state index is 12.2. The van der Waals surface area contributed by atoms with Gasteiger partial charge in [-0.2, -0.15) is 10.2 Å². The van der Waals surface area contributed by atoms with E-state index in [1.165, 1.54) is 0 Å². The number of aryl methyl sites for hydroxylation is 2. The molecular weight excluding hydrogens is 228 g/mol. The molecule has 0 unspecified atom stereocenters. The summed E-state index contributed by atoms with van der Waals surface area (Å²) in [5.41, 5.74) is 7.30. The highest BCUT2D eigenvalue weighted by Crippen LogP contribution is 2.12. The van der Waals surface area contributed by atoms with Gasteiger partial charge in [-0.05, 0) is 46.2 Å². The van der Waals surface area contributed by atoms with Gasteiger partial charge in [-0.15, -0.1) is 0 Å². The first-order valence-corrected chi connectivity index (χ1v) is 6.25. The number of rotatable bonds is 5. The Bertz CT molecular complexity index is 429. The van der Waals surface area contributed by atoms with Crippen molar-refractivity contribution in [3.05, 3.63) is 23.0 Å². The first-order valence-electron chi connectivity index (χ1n) is 6.25.